The van der Waals surface area contributed by atoms with E-state index in [1.807, 2.05) is 0 Å². The first-order chi connectivity index (χ1) is 40.9. The zero-order valence-corrected chi connectivity index (χ0v) is 48.8. The lowest BCUT2D eigenvalue weighted by Gasteiger charge is -2.57. The third-order valence-corrected chi connectivity index (χ3v) is 30.8. The van der Waals surface area contributed by atoms with Crippen LogP contribution in [0.4, 0.5) is 0 Å². The molecular formula is C70H88N4O10. The maximum atomic E-state index is 17.2. The van der Waals surface area contributed by atoms with Crippen molar-refractivity contribution in [1.29, 1.82) is 0 Å². The summed E-state index contributed by atoms with van der Waals surface area (Å²) in [5.41, 5.74) is 0. The van der Waals surface area contributed by atoms with E-state index in [1.54, 1.807) is 0 Å². The molecule has 4 heterocycles. The van der Waals surface area contributed by atoms with E-state index in [-0.39, 0.29) is 200 Å². The molecule has 19 rings (SSSR count). The molecule has 84 heavy (non-hydrogen) atoms. The maximum Gasteiger partial charge on any atom is 0.143 e. The van der Waals surface area contributed by atoms with Crippen LogP contribution in [0.25, 0.3) is 0 Å². The monoisotopic (exact) mass is 1140 g/mol. The molecule has 15 aliphatic carbocycles. The normalized spacial score (nSPS) is 58.8. The Labute approximate surface area is 493 Å². The summed E-state index contributed by atoms with van der Waals surface area (Å²) in [4.78, 5) is 154. The minimum absolute atomic E-state index is 0.00895. The Hall–Kier alpha value is -3.46. The number of hydrogen-bond donors (Lipinski definition) is 4. The first-order valence-electron chi connectivity index (χ1n) is 35.3. The number of carbonyl (C=O) groups is 10. The van der Waals surface area contributed by atoms with Gasteiger partial charge >= 0.3 is 0 Å². The van der Waals surface area contributed by atoms with Gasteiger partial charge in [0.05, 0.1) is 0 Å². The molecule has 36 atom stereocenters. The van der Waals surface area contributed by atoms with Crippen molar-refractivity contribution in [3.05, 3.63) is 0 Å². The Morgan fingerprint density at radius 3 is 0.571 bits per heavy atom. The van der Waals surface area contributed by atoms with Crippen LogP contribution in [0.1, 0.15) is 154 Å². The number of rotatable bonds is 0. The Morgan fingerprint density at radius 1 is 0.179 bits per heavy atom. The molecule has 0 radical (unpaired) electrons. The van der Waals surface area contributed by atoms with E-state index in [9.17, 15) is 19.2 Å². The lowest BCUT2D eigenvalue weighted by molar-refractivity contribution is -0.162. The van der Waals surface area contributed by atoms with Gasteiger partial charge in [0, 0.05) is 167 Å². The summed E-state index contributed by atoms with van der Waals surface area (Å²) in [6.45, 7) is 0. The predicted octanol–water partition coefficient (Wildman–Crippen LogP) is 5.86. The molecule has 0 aromatic heterocycles. The van der Waals surface area contributed by atoms with Crippen molar-refractivity contribution < 1.29 is 47.9 Å². The fourth-order valence-electron chi connectivity index (χ4n) is 28.4. The fourth-order valence-corrected chi connectivity index (χ4v) is 28.4. The molecule has 0 amide bonds. The molecule has 0 aromatic carbocycles. The van der Waals surface area contributed by atoms with E-state index in [0.29, 0.717) is 25.7 Å². The van der Waals surface area contributed by atoms with E-state index in [2.05, 4.69) is 21.3 Å². The van der Waals surface area contributed by atoms with E-state index in [4.69, 9.17) is 0 Å². The summed E-state index contributed by atoms with van der Waals surface area (Å²) in [5, 5.41) is 16.6. The molecule has 36 unspecified atom stereocenters. The number of ketones is 10. The highest BCUT2D eigenvalue weighted by atomic mass is 16.2. The molecule has 4 aliphatic heterocycles. The van der Waals surface area contributed by atoms with Crippen LogP contribution in [0.3, 0.4) is 0 Å². The van der Waals surface area contributed by atoms with Gasteiger partial charge in [-0.1, -0.05) is 51.4 Å². The van der Waals surface area contributed by atoms with E-state index < -0.39 is 71.5 Å². The van der Waals surface area contributed by atoms with Crippen molar-refractivity contribution in [3.8, 4) is 0 Å². The molecule has 0 spiro atoms. The van der Waals surface area contributed by atoms with Crippen LogP contribution in [0.5, 0.6) is 0 Å². The Bertz CT molecular complexity index is 2620. The zero-order valence-electron chi connectivity index (χ0n) is 48.8. The van der Waals surface area contributed by atoms with Gasteiger partial charge in [-0.2, -0.15) is 0 Å². The highest BCUT2D eigenvalue weighted by molar-refractivity contribution is 6.05. The van der Waals surface area contributed by atoms with Crippen molar-refractivity contribution in [2.24, 2.45) is 166 Å². The molecular weight excluding hydrogens is 1060 g/mol. The lowest BCUT2D eigenvalue weighted by Crippen LogP contribution is -2.72. The van der Waals surface area contributed by atoms with Gasteiger partial charge < -0.3 is 21.3 Å². The second-order valence-corrected chi connectivity index (χ2v) is 32.8. The van der Waals surface area contributed by atoms with Crippen LogP contribution < -0.4 is 21.3 Å². The quantitative estimate of drug-likeness (QED) is 0.224. The van der Waals surface area contributed by atoms with Crippen molar-refractivity contribution in [2.45, 2.75) is 202 Å². The molecule has 15 saturated carbocycles. The molecule has 448 valence electrons. The maximum absolute atomic E-state index is 17.2. The minimum atomic E-state index is -0.746. The second-order valence-electron chi connectivity index (χ2n) is 32.8. The number of hydrogen-bond acceptors (Lipinski definition) is 14. The van der Waals surface area contributed by atoms with E-state index in [1.165, 1.54) is 0 Å². The summed E-state index contributed by atoms with van der Waals surface area (Å²) in [6, 6.07) is -2.98. The number of Topliss-reactive ketones (excluding diaryl/α,β-unsaturated/α-hetero) is 10. The average molecular weight is 1150 g/mol. The third kappa shape index (κ3) is 6.55. The van der Waals surface area contributed by atoms with Crippen molar-refractivity contribution in [2.75, 3.05) is 0 Å². The van der Waals surface area contributed by atoms with Gasteiger partial charge in [0.25, 0.3) is 0 Å². The largest absolute Gasteiger partial charge is 0.309 e. The molecule has 4 saturated heterocycles. The molecule has 14 heteroatoms. The van der Waals surface area contributed by atoms with Crippen molar-refractivity contribution in [3.63, 3.8) is 0 Å². The summed E-state index contributed by atoms with van der Waals surface area (Å²) < 4.78 is 0. The molecule has 0 bridgehead atoms. The highest BCUT2D eigenvalue weighted by Gasteiger charge is 2.78. The number of fused-ring (bicyclic) bond motifs is 32. The van der Waals surface area contributed by atoms with Crippen LogP contribution in [-0.2, 0) is 47.9 Å². The lowest BCUT2D eigenvalue weighted by atomic mass is 9.45. The Morgan fingerprint density at radius 2 is 0.369 bits per heavy atom. The molecule has 19 fully saturated rings. The van der Waals surface area contributed by atoms with Crippen LogP contribution in [0.2, 0.25) is 0 Å². The first-order valence-corrected chi connectivity index (χ1v) is 35.3. The first kappa shape index (κ1) is 52.5. The second kappa shape index (κ2) is 18.6. The number of carbonyl (C=O) groups excluding carboxylic acids is 10. The molecule has 14 nitrogen and oxygen atoms in total. The average Bonchev–Trinajstić information content (AvgIpc) is 1.83. The summed E-state index contributed by atoms with van der Waals surface area (Å²) in [5.74, 6) is -6.65. The van der Waals surface area contributed by atoms with Gasteiger partial charge in [-0.3, -0.25) is 47.9 Å². The van der Waals surface area contributed by atoms with Crippen LogP contribution in [-0.4, -0.2) is 106 Å². The van der Waals surface area contributed by atoms with Gasteiger partial charge in [0.1, 0.15) is 57.8 Å². The van der Waals surface area contributed by atoms with Crippen LogP contribution in [0.15, 0.2) is 0 Å². The van der Waals surface area contributed by atoms with E-state index in [0.717, 1.165) is 128 Å². The van der Waals surface area contributed by atoms with Crippen molar-refractivity contribution in [1.82, 2.24) is 21.3 Å². The predicted molar refractivity (Wildman–Crippen MR) is 301 cm³/mol. The highest BCUT2D eigenvalue weighted by Crippen LogP contribution is 2.68. The topological polar surface area (TPSA) is 219 Å². The van der Waals surface area contributed by atoms with Gasteiger partial charge in [0.15, 0.2) is 0 Å². The molecule has 4 N–H and O–H groups in total. The summed E-state index contributed by atoms with van der Waals surface area (Å²) in [7, 11) is 0. The Balaban J connectivity index is 0.744. The summed E-state index contributed by atoms with van der Waals surface area (Å²) in [6.07, 6.45) is 19.3. The summed E-state index contributed by atoms with van der Waals surface area (Å²) >= 11 is 0. The smallest absolute Gasteiger partial charge is 0.143 e. The molecule has 19 aliphatic rings. The van der Waals surface area contributed by atoms with Gasteiger partial charge in [-0.15, -0.1) is 0 Å². The van der Waals surface area contributed by atoms with Crippen LogP contribution in [0, 0.1) is 166 Å². The van der Waals surface area contributed by atoms with Gasteiger partial charge in [0.2, 0.25) is 0 Å². The SMILES string of the molecule is O=C1C2CCCCC2C(=O)C2C1CCC1C2NC2C3C(=O)C4C5NC6C(CCC7C(=O)C8CCCCC8C(=O)C76)C5C5C6CCC7C(=O)C8CCCCC8C(=O)C7C6NC5C4C(=O)C3C3NC4C(CCC5C(=O)C6CCCCC6C(=O)C54)C3C12. The standard InChI is InChI=1S/C70H88N4O10/c75-61-25-9-1-5-13-29(25)65(79)45-37(61)21-17-33-41-42-34-18-22-38-46(66(80)30-14-6-2-10-26(30)62(38)76)54(34)72-58(42)50-49(57(41)71-53(33)45)69(83)51-52(70(50)84)60-44(36-20-24-40-48(56(36)74-60)68(82)32-16-8-4-12-28(32)64(40)78)43-35-19-23-39-47(55(35)73-59(43)51)67(81)31-15-7-3-11-27(31)63(39)77/h25-60,71-74H,1-24H2. The minimum Gasteiger partial charge on any atom is -0.309 e. The van der Waals surface area contributed by atoms with Gasteiger partial charge in [-0.25, -0.2) is 0 Å². The van der Waals surface area contributed by atoms with E-state index >= 15 is 28.8 Å². The fraction of sp³-hybridized carbons (Fsp3) is 0.857. The number of nitrogens with one attached hydrogen (secondary N) is 4. The zero-order chi connectivity index (χ0) is 56.4. The molecule has 0 aromatic rings. The van der Waals surface area contributed by atoms with Gasteiger partial charge in [-0.05, 0) is 150 Å². The third-order valence-electron chi connectivity index (χ3n) is 30.8. The van der Waals surface area contributed by atoms with Crippen LogP contribution >= 0.6 is 0 Å². The van der Waals surface area contributed by atoms with Crippen molar-refractivity contribution >= 4 is 57.8 Å². The Kier molecular flexibility index (Phi) is 11.6.